The molecule has 0 radical (unpaired) electrons. The Labute approximate surface area is 97.4 Å². The van der Waals surface area contributed by atoms with Crippen molar-refractivity contribution in [2.24, 2.45) is 0 Å². The molecule has 1 aromatic rings. The summed E-state index contributed by atoms with van der Waals surface area (Å²) in [5, 5.41) is 0.141. The molecule has 0 heterocycles. The molecule has 6 heteroatoms. The predicted octanol–water partition coefficient (Wildman–Crippen LogP) is 3.78. The summed E-state index contributed by atoms with van der Waals surface area (Å²) in [7, 11) is 0. The number of hydrogen-bond acceptors (Lipinski definition) is 1. The fourth-order valence-electron chi connectivity index (χ4n) is 0.938. The molecule has 0 spiro atoms. The van der Waals surface area contributed by atoms with Gasteiger partial charge in [-0.15, -0.1) is 0 Å². The van der Waals surface area contributed by atoms with Crippen LogP contribution in [0.5, 0.6) is 0 Å². The van der Waals surface area contributed by atoms with E-state index in [0.29, 0.717) is 4.47 Å². The number of hydrogen-bond donors (Lipinski definition) is 0. The second-order valence-electron chi connectivity index (χ2n) is 2.83. The van der Waals surface area contributed by atoms with E-state index in [4.69, 9.17) is 11.6 Å². The van der Waals surface area contributed by atoms with Crippen molar-refractivity contribution in [3.8, 4) is 0 Å². The largest absolute Gasteiger partial charge is 0.450 e. The molecular formula is C9H5BrClF3O. The summed E-state index contributed by atoms with van der Waals surface area (Å²) in [4.78, 5) is 10.7. The van der Waals surface area contributed by atoms with E-state index < -0.39 is 18.4 Å². The van der Waals surface area contributed by atoms with Crippen molar-refractivity contribution in [3.05, 3.63) is 33.3 Å². The number of halogens is 5. The van der Waals surface area contributed by atoms with Crippen molar-refractivity contribution in [2.45, 2.75) is 12.6 Å². The highest BCUT2D eigenvalue weighted by Crippen LogP contribution is 2.25. The number of alkyl halides is 3. The Hall–Kier alpha value is -0.550. The SMILES string of the molecule is O=C(Cc1ccc(Br)cc1Cl)C(F)(F)F. The van der Waals surface area contributed by atoms with Crippen LogP contribution in [0, 0.1) is 0 Å². The maximum atomic E-state index is 11.9. The zero-order valence-corrected chi connectivity index (χ0v) is 9.58. The van der Waals surface area contributed by atoms with Crippen molar-refractivity contribution in [1.82, 2.24) is 0 Å². The van der Waals surface area contributed by atoms with Crippen LogP contribution >= 0.6 is 27.5 Å². The normalized spacial score (nSPS) is 11.5. The van der Waals surface area contributed by atoms with E-state index >= 15 is 0 Å². The number of ketones is 1. The van der Waals surface area contributed by atoms with Crippen LogP contribution in [0.1, 0.15) is 5.56 Å². The van der Waals surface area contributed by atoms with Gasteiger partial charge in [0.2, 0.25) is 5.78 Å². The number of Topliss-reactive ketones (excluding diaryl/α,β-unsaturated/α-hetero) is 1. The van der Waals surface area contributed by atoms with Crippen LogP contribution in [0.4, 0.5) is 13.2 Å². The van der Waals surface area contributed by atoms with Gasteiger partial charge in [0.25, 0.3) is 0 Å². The minimum Gasteiger partial charge on any atom is -0.289 e. The summed E-state index contributed by atoms with van der Waals surface area (Å²) in [6, 6.07) is 4.36. The van der Waals surface area contributed by atoms with Crippen LogP contribution in [0.2, 0.25) is 5.02 Å². The highest BCUT2D eigenvalue weighted by atomic mass is 79.9. The maximum Gasteiger partial charge on any atom is 0.450 e. The molecular weight excluding hydrogens is 296 g/mol. The highest BCUT2D eigenvalue weighted by Gasteiger charge is 2.37. The molecule has 0 unspecified atom stereocenters. The molecule has 0 aliphatic heterocycles. The van der Waals surface area contributed by atoms with Crippen molar-refractivity contribution in [3.63, 3.8) is 0 Å². The zero-order valence-electron chi connectivity index (χ0n) is 7.24. The molecule has 0 bridgehead atoms. The molecule has 0 aromatic heterocycles. The number of carbonyl (C=O) groups is 1. The molecule has 0 saturated carbocycles. The Morgan fingerprint density at radius 1 is 1.40 bits per heavy atom. The predicted molar refractivity (Wildman–Crippen MR) is 53.9 cm³/mol. The first-order valence-electron chi connectivity index (χ1n) is 3.84. The van der Waals surface area contributed by atoms with E-state index in [-0.39, 0.29) is 10.6 Å². The van der Waals surface area contributed by atoms with E-state index in [2.05, 4.69) is 15.9 Å². The average molecular weight is 301 g/mol. The van der Waals surface area contributed by atoms with Gasteiger partial charge in [-0.05, 0) is 17.7 Å². The summed E-state index contributed by atoms with van der Waals surface area (Å²) < 4.78 is 36.5. The quantitative estimate of drug-likeness (QED) is 0.812. The van der Waals surface area contributed by atoms with Gasteiger partial charge in [-0.1, -0.05) is 33.6 Å². The molecule has 0 saturated heterocycles. The molecule has 0 amide bonds. The molecule has 0 aliphatic carbocycles. The fourth-order valence-corrected chi connectivity index (χ4v) is 1.68. The molecule has 0 aliphatic rings. The first-order valence-corrected chi connectivity index (χ1v) is 5.02. The lowest BCUT2D eigenvalue weighted by molar-refractivity contribution is -0.170. The van der Waals surface area contributed by atoms with E-state index in [1.807, 2.05) is 0 Å². The molecule has 0 atom stereocenters. The van der Waals surface area contributed by atoms with Crippen LogP contribution in [0.3, 0.4) is 0 Å². The average Bonchev–Trinajstić information content (AvgIpc) is 2.08. The van der Waals surface area contributed by atoms with Gasteiger partial charge in [0.15, 0.2) is 0 Å². The lowest BCUT2D eigenvalue weighted by atomic mass is 10.1. The topological polar surface area (TPSA) is 17.1 Å². The zero-order chi connectivity index (χ0) is 11.6. The van der Waals surface area contributed by atoms with Gasteiger partial charge in [-0.3, -0.25) is 4.79 Å². The van der Waals surface area contributed by atoms with Crippen molar-refractivity contribution in [1.29, 1.82) is 0 Å². The second-order valence-corrected chi connectivity index (χ2v) is 4.16. The minimum atomic E-state index is -4.81. The summed E-state index contributed by atoms with van der Waals surface area (Å²) in [6.45, 7) is 0. The Morgan fingerprint density at radius 2 is 2.00 bits per heavy atom. The molecule has 1 aromatic carbocycles. The number of carbonyl (C=O) groups excluding carboxylic acids is 1. The first-order chi connectivity index (χ1) is 6.80. The summed E-state index contributed by atoms with van der Waals surface area (Å²) in [5.41, 5.74) is 0.169. The van der Waals surface area contributed by atoms with Crippen molar-refractivity contribution < 1.29 is 18.0 Å². The second kappa shape index (κ2) is 4.53. The molecule has 1 nitrogen and oxygen atoms in total. The smallest absolute Gasteiger partial charge is 0.289 e. The van der Waals surface area contributed by atoms with Crippen LogP contribution in [0.25, 0.3) is 0 Å². The standard InChI is InChI=1S/C9H5BrClF3O/c10-6-2-1-5(7(11)4-6)3-8(15)9(12,13)14/h1-2,4H,3H2. The Balaban J connectivity index is 2.87. The Kier molecular flexibility index (Phi) is 3.78. The summed E-state index contributed by atoms with van der Waals surface area (Å²) in [6.07, 6.45) is -5.54. The maximum absolute atomic E-state index is 11.9. The first kappa shape index (κ1) is 12.5. The van der Waals surface area contributed by atoms with E-state index in [9.17, 15) is 18.0 Å². The van der Waals surface area contributed by atoms with Crippen LogP contribution in [-0.2, 0) is 11.2 Å². The van der Waals surface area contributed by atoms with Crippen LogP contribution < -0.4 is 0 Å². The Morgan fingerprint density at radius 3 is 2.47 bits per heavy atom. The van der Waals surface area contributed by atoms with Crippen molar-refractivity contribution in [2.75, 3.05) is 0 Å². The third-order valence-electron chi connectivity index (χ3n) is 1.68. The lowest BCUT2D eigenvalue weighted by Gasteiger charge is -2.06. The van der Waals surface area contributed by atoms with Gasteiger partial charge in [0, 0.05) is 15.9 Å². The van der Waals surface area contributed by atoms with Gasteiger partial charge in [0.1, 0.15) is 0 Å². The minimum absolute atomic E-state index is 0.141. The molecule has 0 N–H and O–H groups in total. The van der Waals surface area contributed by atoms with E-state index in [1.54, 1.807) is 0 Å². The van der Waals surface area contributed by atoms with Gasteiger partial charge in [-0.25, -0.2) is 0 Å². The van der Waals surface area contributed by atoms with Crippen LogP contribution in [-0.4, -0.2) is 12.0 Å². The molecule has 82 valence electrons. The van der Waals surface area contributed by atoms with Gasteiger partial charge < -0.3 is 0 Å². The lowest BCUT2D eigenvalue weighted by Crippen LogP contribution is -2.24. The third-order valence-corrected chi connectivity index (χ3v) is 2.53. The van der Waals surface area contributed by atoms with E-state index in [1.165, 1.54) is 18.2 Å². The molecule has 15 heavy (non-hydrogen) atoms. The monoisotopic (exact) mass is 300 g/mol. The van der Waals surface area contributed by atoms with Crippen LogP contribution in [0.15, 0.2) is 22.7 Å². The van der Waals surface area contributed by atoms with Gasteiger partial charge in [-0.2, -0.15) is 13.2 Å². The number of rotatable bonds is 2. The van der Waals surface area contributed by atoms with Gasteiger partial charge in [0.05, 0.1) is 0 Å². The third kappa shape index (κ3) is 3.50. The van der Waals surface area contributed by atoms with Gasteiger partial charge >= 0.3 is 6.18 Å². The molecule has 1 rings (SSSR count). The van der Waals surface area contributed by atoms with E-state index in [0.717, 1.165) is 0 Å². The fraction of sp³-hybridized carbons (Fsp3) is 0.222. The summed E-state index contributed by atoms with van der Waals surface area (Å²) in [5.74, 6) is -1.80. The van der Waals surface area contributed by atoms with Crippen molar-refractivity contribution >= 4 is 33.3 Å². The molecule has 0 fully saturated rings. The highest BCUT2D eigenvalue weighted by molar-refractivity contribution is 9.10. The summed E-state index contributed by atoms with van der Waals surface area (Å²) >= 11 is 8.78. The Bertz CT molecular complexity index is 389. The number of benzene rings is 1.